The average Bonchev–Trinajstić information content (AvgIpc) is 3.29. The van der Waals surface area contributed by atoms with Crippen molar-refractivity contribution in [1.29, 1.82) is 0 Å². The molecule has 33 heavy (non-hydrogen) atoms. The van der Waals surface area contributed by atoms with E-state index in [1.54, 1.807) is 25.1 Å². The number of aryl methyl sites for hydroxylation is 1. The fourth-order valence-corrected chi connectivity index (χ4v) is 4.67. The molecule has 6 N–H and O–H groups in total. The summed E-state index contributed by atoms with van der Waals surface area (Å²) in [5.41, 5.74) is 13.3. The number of aromatic nitrogens is 3. The zero-order valence-electron chi connectivity index (χ0n) is 16.6. The lowest BCUT2D eigenvalue weighted by Gasteiger charge is -2.07. The standard InChI is InChI=1S/C17H15N7O6S3/c1-8-15(16(19)24(23-8)9-2-4-11(18)14(6-9)33(26,27)28)21-22-17-20-12-7-10(32-30-29-25)3-5-13(12)31-17/h2-7,25H,18-19H2,1H3,(H,26,27,28)/b22-21+. The summed E-state index contributed by atoms with van der Waals surface area (Å²) in [5, 5.41) is 24.8. The molecule has 4 rings (SSSR count). The maximum atomic E-state index is 11.6. The molecule has 172 valence electrons. The molecule has 13 nitrogen and oxygen atoms in total. The van der Waals surface area contributed by atoms with E-state index in [4.69, 9.17) is 16.7 Å². The van der Waals surface area contributed by atoms with E-state index in [2.05, 4.69) is 29.7 Å². The zero-order chi connectivity index (χ0) is 23.8. The van der Waals surface area contributed by atoms with E-state index in [1.807, 2.05) is 0 Å². The van der Waals surface area contributed by atoms with E-state index >= 15 is 0 Å². The Labute approximate surface area is 194 Å². The van der Waals surface area contributed by atoms with Crippen molar-refractivity contribution in [3.05, 3.63) is 42.1 Å². The van der Waals surface area contributed by atoms with E-state index in [0.717, 1.165) is 22.8 Å². The van der Waals surface area contributed by atoms with Crippen molar-refractivity contribution in [2.24, 2.45) is 10.2 Å². The van der Waals surface area contributed by atoms with Gasteiger partial charge in [0.05, 0.1) is 39.3 Å². The number of rotatable bonds is 7. The van der Waals surface area contributed by atoms with Crippen molar-refractivity contribution in [3.8, 4) is 5.69 Å². The zero-order valence-corrected chi connectivity index (χ0v) is 19.1. The van der Waals surface area contributed by atoms with Crippen LogP contribution in [-0.2, 0) is 19.5 Å². The summed E-state index contributed by atoms with van der Waals surface area (Å²) in [7, 11) is -4.53. The first-order chi connectivity index (χ1) is 15.7. The van der Waals surface area contributed by atoms with Gasteiger partial charge in [-0.2, -0.15) is 13.5 Å². The average molecular weight is 510 g/mol. The van der Waals surface area contributed by atoms with Crippen LogP contribution in [0.25, 0.3) is 15.9 Å². The van der Waals surface area contributed by atoms with Gasteiger partial charge in [0.15, 0.2) is 11.5 Å². The van der Waals surface area contributed by atoms with Crippen LogP contribution >= 0.6 is 23.4 Å². The number of nitrogens with zero attached hydrogens (tertiary/aromatic N) is 5. The third-order valence-corrected chi connectivity index (χ3v) is 6.73. The molecular weight excluding hydrogens is 494 g/mol. The highest BCUT2D eigenvalue weighted by Crippen LogP contribution is 2.35. The van der Waals surface area contributed by atoms with Crippen LogP contribution in [0.3, 0.4) is 0 Å². The number of nitrogens with two attached hydrogens (primary N) is 2. The summed E-state index contributed by atoms with van der Waals surface area (Å²) in [5.74, 6) is 0.100. The summed E-state index contributed by atoms with van der Waals surface area (Å²) in [4.78, 5) is 4.57. The van der Waals surface area contributed by atoms with Crippen LogP contribution in [0.4, 0.5) is 22.3 Å². The van der Waals surface area contributed by atoms with Crippen molar-refractivity contribution in [1.82, 2.24) is 14.8 Å². The molecular formula is C17H15N7O6S3. The fourth-order valence-electron chi connectivity index (χ4n) is 2.87. The Kier molecular flexibility index (Phi) is 6.30. The van der Waals surface area contributed by atoms with E-state index in [1.165, 1.54) is 28.2 Å². The lowest BCUT2D eigenvalue weighted by atomic mass is 10.3. The third kappa shape index (κ3) is 4.81. The predicted octanol–water partition coefficient (Wildman–Crippen LogP) is 4.05. The maximum absolute atomic E-state index is 11.6. The highest BCUT2D eigenvalue weighted by molar-refractivity contribution is 7.94. The fraction of sp³-hybridized carbons (Fsp3) is 0.0588. The number of benzene rings is 2. The molecule has 0 aliphatic rings. The number of anilines is 2. The number of thiazole rings is 1. The Morgan fingerprint density at radius 2 is 1.97 bits per heavy atom. The van der Waals surface area contributed by atoms with Gasteiger partial charge in [0.2, 0.25) is 5.13 Å². The monoisotopic (exact) mass is 509 g/mol. The second-order valence-corrected chi connectivity index (χ2v) is 9.65. The molecule has 2 aromatic carbocycles. The number of azo groups is 1. The second kappa shape index (κ2) is 9.02. The van der Waals surface area contributed by atoms with Gasteiger partial charge in [-0.1, -0.05) is 16.4 Å². The first kappa shape index (κ1) is 23.1. The molecule has 0 aliphatic carbocycles. The Morgan fingerprint density at radius 1 is 1.18 bits per heavy atom. The van der Waals surface area contributed by atoms with Gasteiger partial charge in [0, 0.05) is 4.90 Å². The minimum atomic E-state index is -4.53. The molecule has 16 heteroatoms. The third-order valence-electron chi connectivity index (χ3n) is 4.33. The van der Waals surface area contributed by atoms with Gasteiger partial charge in [0.1, 0.15) is 4.90 Å². The van der Waals surface area contributed by atoms with Gasteiger partial charge in [-0.3, -0.25) is 4.55 Å². The molecule has 0 fully saturated rings. The molecule has 0 unspecified atom stereocenters. The molecule has 0 bridgehead atoms. The second-order valence-electron chi connectivity index (χ2n) is 6.48. The normalized spacial score (nSPS) is 12.2. The van der Waals surface area contributed by atoms with Crippen molar-refractivity contribution in [3.63, 3.8) is 0 Å². The molecule has 0 atom stereocenters. The van der Waals surface area contributed by atoms with Crippen molar-refractivity contribution in [2.45, 2.75) is 16.7 Å². The quantitative estimate of drug-likeness (QED) is 0.0699. The largest absolute Gasteiger partial charge is 0.398 e. The summed E-state index contributed by atoms with van der Waals surface area (Å²) in [6.45, 7) is 1.66. The Bertz CT molecular complexity index is 1480. The number of nitrogen functional groups attached to an aromatic ring is 2. The van der Waals surface area contributed by atoms with Gasteiger partial charge in [-0.15, -0.1) is 14.6 Å². The first-order valence-corrected chi connectivity index (χ1v) is 11.9. The molecule has 0 aliphatic heterocycles. The van der Waals surface area contributed by atoms with Crippen LogP contribution in [0.5, 0.6) is 0 Å². The molecule has 2 aromatic heterocycles. The summed E-state index contributed by atoms with van der Waals surface area (Å²) in [6.07, 6.45) is 0. The van der Waals surface area contributed by atoms with Gasteiger partial charge in [-0.25, -0.2) is 14.9 Å². The molecule has 0 saturated carbocycles. The summed E-state index contributed by atoms with van der Waals surface area (Å²) >= 11 is 2.10. The minimum Gasteiger partial charge on any atom is -0.398 e. The van der Waals surface area contributed by atoms with Crippen LogP contribution in [0.15, 0.2) is 56.4 Å². The molecule has 0 radical (unpaired) electrons. The Hall–Kier alpha value is -3.12. The van der Waals surface area contributed by atoms with Crippen LogP contribution in [-0.4, -0.2) is 33.0 Å². The summed E-state index contributed by atoms with van der Waals surface area (Å²) < 4.78 is 39.0. The van der Waals surface area contributed by atoms with Gasteiger partial charge in [-0.05, 0) is 43.3 Å². The van der Waals surface area contributed by atoms with E-state index in [-0.39, 0.29) is 22.9 Å². The lowest BCUT2D eigenvalue weighted by Crippen LogP contribution is -2.07. The van der Waals surface area contributed by atoms with Crippen LogP contribution in [0.1, 0.15) is 5.69 Å². The first-order valence-electron chi connectivity index (χ1n) is 8.87. The highest BCUT2D eigenvalue weighted by Gasteiger charge is 2.19. The summed E-state index contributed by atoms with van der Waals surface area (Å²) in [6, 6.07) is 9.26. The van der Waals surface area contributed by atoms with Crippen molar-refractivity contribution in [2.75, 3.05) is 11.5 Å². The van der Waals surface area contributed by atoms with Gasteiger partial charge >= 0.3 is 0 Å². The molecule has 2 heterocycles. The Morgan fingerprint density at radius 3 is 2.70 bits per heavy atom. The molecule has 0 amide bonds. The number of fused-ring (bicyclic) bond motifs is 1. The number of hydrogen-bond donors (Lipinski definition) is 4. The van der Waals surface area contributed by atoms with Crippen LogP contribution in [0.2, 0.25) is 0 Å². The molecule has 4 aromatic rings. The van der Waals surface area contributed by atoms with Crippen molar-refractivity contribution < 1.29 is 27.6 Å². The van der Waals surface area contributed by atoms with Gasteiger partial charge in [0.25, 0.3) is 10.1 Å². The molecule has 0 saturated heterocycles. The maximum Gasteiger partial charge on any atom is 0.296 e. The van der Waals surface area contributed by atoms with E-state index in [0.29, 0.717) is 21.2 Å². The smallest absolute Gasteiger partial charge is 0.296 e. The SMILES string of the molecule is Cc1nn(-c2ccc(N)c(S(=O)(=O)O)c2)c(N)c1/N=N/c1nc2cc(SOOO)ccc2s1. The van der Waals surface area contributed by atoms with E-state index in [9.17, 15) is 13.0 Å². The Balaban J connectivity index is 1.65. The van der Waals surface area contributed by atoms with Crippen LogP contribution < -0.4 is 11.5 Å². The minimum absolute atomic E-state index is 0.100. The topological polar surface area (TPSA) is 201 Å². The van der Waals surface area contributed by atoms with Gasteiger partial charge < -0.3 is 11.5 Å². The molecule has 0 spiro atoms. The number of hydrogen-bond acceptors (Lipinski definition) is 13. The van der Waals surface area contributed by atoms with E-state index < -0.39 is 15.0 Å². The predicted molar refractivity (Wildman–Crippen MR) is 121 cm³/mol. The lowest BCUT2D eigenvalue weighted by molar-refractivity contribution is -0.432. The van der Waals surface area contributed by atoms with Crippen molar-refractivity contribution >= 4 is 66.0 Å². The highest BCUT2D eigenvalue weighted by atomic mass is 32.2. The van der Waals surface area contributed by atoms with Crippen LogP contribution in [0, 0.1) is 6.92 Å².